The van der Waals surface area contributed by atoms with Crippen molar-refractivity contribution in [3.05, 3.63) is 71.3 Å². The molecule has 2 aromatic carbocycles. The van der Waals surface area contributed by atoms with Crippen molar-refractivity contribution in [2.24, 2.45) is 0 Å². The third-order valence-corrected chi connectivity index (χ3v) is 5.82. The number of carbonyl (C=O) groups excluding carboxylic acids is 1. The Kier molecular flexibility index (Phi) is 7.29. The number of likely N-dealkylation sites (tertiary alicyclic amines) is 1. The lowest BCUT2D eigenvalue weighted by Gasteiger charge is -2.34. The van der Waals surface area contributed by atoms with Crippen LogP contribution in [0.1, 0.15) is 36.0 Å². The molecule has 1 fully saturated rings. The van der Waals surface area contributed by atoms with Crippen molar-refractivity contribution < 1.29 is 23.9 Å². The Bertz CT molecular complexity index is 819. The Morgan fingerprint density at radius 1 is 1.07 bits per heavy atom. The fraction of sp³-hybridized carbons (Fsp3) is 0.480. The van der Waals surface area contributed by atoms with Crippen LogP contribution in [0, 0.1) is 6.92 Å². The third-order valence-electron chi connectivity index (χ3n) is 5.82. The largest absolute Gasteiger partial charge is 0.453 e. The number of likely N-dealkylation sites (N-methyl/N-ethyl adjacent to an activating group) is 1. The number of aliphatic hydroxyl groups is 1. The average molecular weight is 413 g/mol. The lowest BCUT2D eigenvalue weighted by atomic mass is 9.85. The summed E-state index contributed by atoms with van der Waals surface area (Å²) in [6.07, 6.45) is 2.02. The van der Waals surface area contributed by atoms with Gasteiger partial charge in [0.25, 0.3) is 0 Å². The summed E-state index contributed by atoms with van der Waals surface area (Å²) in [5, 5.41) is 9.16. The highest BCUT2D eigenvalue weighted by Crippen LogP contribution is 2.37. The molecule has 1 aliphatic rings. The van der Waals surface area contributed by atoms with Crippen molar-refractivity contribution in [1.29, 1.82) is 0 Å². The minimum atomic E-state index is -1.33. The zero-order chi connectivity index (χ0) is 21.6. The number of benzene rings is 2. The minimum Gasteiger partial charge on any atom is -0.453 e. The molecule has 5 nitrogen and oxygen atoms in total. The van der Waals surface area contributed by atoms with Gasteiger partial charge in [-0.2, -0.15) is 0 Å². The molecule has 0 spiro atoms. The summed E-state index contributed by atoms with van der Waals surface area (Å²) < 4.78 is 13.3. The molecule has 30 heavy (non-hydrogen) atoms. The van der Waals surface area contributed by atoms with E-state index in [4.69, 9.17) is 14.6 Å². The smallest absolute Gasteiger partial charge is 0.348 e. The van der Waals surface area contributed by atoms with Gasteiger partial charge in [0.1, 0.15) is 6.54 Å². The van der Waals surface area contributed by atoms with E-state index >= 15 is 0 Å². The van der Waals surface area contributed by atoms with Gasteiger partial charge in [-0.25, -0.2) is 4.79 Å². The SMILES string of the molecule is Cc1ccc(C(OCCCCO)(C(=O)OC2CC[N+](C)(C)C2)c2ccccc2)cc1. The quantitative estimate of drug-likeness (QED) is 0.390. The van der Waals surface area contributed by atoms with Crippen LogP contribution in [0.15, 0.2) is 54.6 Å². The fourth-order valence-electron chi connectivity index (χ4n) is 4.09. The second kappa shape index (κ2) is 9.73. The normalized spacial score (nSPS) is 19.9. The maximum Gasteiger partial charge on any atom is 0.348 e. The number of hydrogen-bond acceptors (Lipinski definition) is 4. The topological polar surface area (TPSA) is 55.8 Å². The van der Waals surface area contributed by atoms with Crippen LogP contribution < -0.4 is 0 Å². The predicted octanol–water partition coefficient (Wildman–Crippen LogP) is 3.42. The summed E-state index contributed by atoms with van der Waals surface area (Å²) in [6, 6.07) is 17.5. The zero-order valence-corrected chi connectivity index (χ0v) is 18.3. The van der Waals surface area contributed by atoms with E-state index in [9.17, 15) is 4.79 Å². The molecular weight excluding hydrogens is 378 g/mol. The molecule has 0 aliphatic carbocycles. The summed E-state index contributed by atoms with van der Waals surface area (Å²) in [5.41, 5.74) is 1.31. The highest BCUT2D eigenvalue weighted by atomic mass is 16.6. The molecule has 0 bridgehead atoms. The molecule has 0 amide bonds. The van der Waals surface area contributed by atoms with E-state index in [-0.39, 0.29) is 18.7 Å². The molecule has 3 rings (SSSR count). The molecule has 5 heteroatoms. The second-order valence-electron chi connectivity index (χ2n) is 8.85. The van der Waals surface area contributed by atoms with Gasteiger partial charge in [0.15, 0.2) is 6.10 Å². The van der Waals surface area contributed by atoms with Crippen LogP contribution in [0.5, 0.6) is 0 Å². The summed E-state index contributed by atoms with van der Waals surface area (Å²) >= 11 is 0. The van der Waals surface area contributed by atoms with Crippen LogP contribution in [0.2, 0.25) is 0 Å². The van der Waals surface area contributed by atoms with Gasteiger partial charge in [0.05, 0.1) is 20.6 Å². The Labute approximate surface area is 179 Å². The van der Waals surface area contributed by atoms with Crippen molar-refractivity contribution in [2.75, 3.05) is 40.4 Å². The number of nitrogens with zero attached hydrogens (tertiary/aromatic N) is 1. The van der Waals surface area contributed by atoms with Crippen LogP contribution >= 0.6 is 0 Å². The number of quaternary nitrogens is 1. The maximum atomic E-state index is 13.8. The van der Waals surface area contributed by atoms with Crippen LogP contribution in [-0.2, 0) is 19.9 Å². The second-order valence-corrected chi connectivity index (χ2v) is 8.85. The Morgan fingerprint density at radius 2 is 1.73 bits per heavy atom. The highest BCUT2D eigenvalue weighted by Gasteiger charge is 2.47. The molecule has 2 atom stereocenters. The number of rotatable bonds is 9. The molecule has 162 valence electrons. The number of hydrogen-bond donors (Lipinski definition) is 1. The number of unbranched alkanes of at least 4 members (excludes halogenated alkanes) is 1. The maximum absolute atomic E-state index is 13.8. The van der Waals surface area contributed by atoms with Gasteiger partial charge in [0, 0.05) is 19.6 Å². The highest BCUT2D eigenvalue weighted by molar-refractivity contribution is 5.86. The Morgan fingerprint density at radius 3 is 2.33 bits per heavy atom. The molecule has 1 heterocycles. The third kappa shape index (κ3) is 5.09. The van der Waals surface area contributed by atoms with Crippen molar-refractivity contribution in [3.8, 4) is 0 Å². The molecule has 1 saturated heterocycles. The number of ether oxygens (including phenoxy) is 2. The predicted molar refractivity (Wildman–Crippen MR) is 117 cm³/mol. The molecule has 0 aromatic heterocycles. The van der Waals surface area contributed by atoms with Crippen LogP contribution in [-0.4, -0.2) is 62.1 Å². The van der Waals surface area contributed by atoms with E-state index in [0.717, 1.165) is 40.7 Å². The van der Waals surface area contributed by atoms with Crippen molar-refractivity contribution >= 4 is 5.97 Å². The first-order valence-corrected chi connectivity index (χ1v) is 10.8. The standard InChI is InChI=1S/C25H34NO4/c1-20-11-13-22(14-12-20)25(29-18-8-7-17-27,21-9-5-4-6-10-21)24(28)30-23-15-16-26(2,3)19-23/h4-6,9-14,23,27H,7-8,15-19H2,1-3H3/q+1. The molecular formula is C25H34NO4+. The minimum absolute atomic E-state index is 0.103. The van der Waals surface area contributed by atoms with Gasteiger partial charge < -0.3 is 19.1 Å². The zero-order valence-electron chi connectivity index (χ0n) is 18.3. The number of aliphatic hydroxyl groups excluding tert-OH is 1. The first-order chi connectivity index (χ1) is 14.4. The van der Waals surface area contributed by atoms with Crippen molar-refractivity contribution in [3.63, 3.8) is 0 Å². The van der Waals surface area contributed by atoms with E-state index in [1.165, 1.54) is 0 Å². The van der Waals surface area contributed by atoms with Gasteiger partial charge in [-0.05, 0) is 30.9 Å². The number of esters is 1. The van der Waals surface area contributed by atoms with Gasteiger partial charge in [-0.15, -0.1) is 0 Å². The fourth-order valence-corrected chi connectivity index (χ4v) is 4.09. The Balaban J connectivity index is 2.00. The van der Waals surface area contributed by atoms with E-state index in [0.29, 0.717) is 19.4 Å². The van der Waals surface area contributed by atoms with Crippen LogP contribution in [0.3, 0.4) is 0 Å². The number of carbonyl (C=O) groups is 1. The molecule has 2 unspecified atom stereocenters. The first kappa shape index (κ1) is 22.5. The first-order valence-electron chi connectivity index (χ1n) is 10.8. The summed E-state index contributed by atoms with van der Waals surface area (Å²) in [4.78, 5) is 13.8. The summed E-state index contributed by atoms with van der Waals surface area (Å²) in [6.45, 7) is 4.26. The summed E-state index contributed by atoms with van der Waals surface area (Å²) in [5.74, 6) is -0.367. The monoisotopic (exact) mass is 412 g/mol. The van der Waals surface area contributed by atoms with Crippen molar-refractivity contribution in [1.82, 2.24) is 0 Å². The molecule has 0 saturated carbocycles. The van der Waals surface area contributed by atoms with E-state index < -0.39 is 5.60 Å². The summed E-state index contributed by atoms with van der Waals surface area (Å²) in [7, 11) is 4.31. The Hall–Kier alpha value is -2.21. The number of aryl methyl sites for hydroxylation is 1. The van der Waals surface area contributed by atoms with Gasteiger partial charge in [-0.1, -0.05) is 60.2 Å². The van der Waals surface area contributed by atoms with Gasteiger partial charge in [-0.3, -0.25) is 0 Å². The average Bonchev–Trinajstić information content (AvgIpc) is 3.08. The van der Waals surface area contributed by atoms with Crippen LogP contribution in [0.25, 0.3) is 0 Å². The van der Waals surface area contributed by atoms with Gasteiger partial charge in [0.2, 0.25) is 5.60 Å². The lowest BCUT2D eigenvalue weighted by molar-refractivity contribution is -0.879. The molecule has 1 N–H and O–H groups in total. The molecule has 2 aromatic rings. The van der Waals surface area contributed by atoms with Crippen molar-refractivity contribution in [2.45, 2.75) is 37.9 Å². The van der Waals surface area contributed by atoms with Gasteiger partial charge >= 0.3 is 5.97 Å². The lowest BCUT2D eigenvalue weighted by Crippen LogP contribution is -2.44. The molecule has 0 radical (unpaired) electrons. The molecule has 1 aliphatic heterocycles. The van der Waals surface area contributed by atoms with Crippen LogP contribution in [0.4, 0.5) is 0 Å². The van der Waals surface area contributed by atoms with E-state index in [1.54, 1.807) is 0 Å². The van der Waals surface area contributed by atoms with E-state index in [1.807, 2.05) is 61.5 Å². The van der Waals surface area contributed by atoms with E-state index in [2.05, 4.69) is 14.1 Å².